The molecule has 30 heavy (non-hydrogen) atoms. The molecule has 1 fully saturated rings. The molecule has 4 rings (SSSR count). The van der Waals surface area contributed by atoms with Crippen molar-refractivity contribution in [1.82, 2.24) is 15.0 Å². The number of fused-ring (bicyclic) bond motifs is 1. The molecule has 0 bridgehead atoms. The highest BCUT2D eigenvalue weighted by Gasteiger charge is 2.25. The van der Waals surface area contributed by atoms with Crippen molar-refractivity contribution in [3.05, 3.63) is 28.4 Å². The van der Waals surface area contributed by atoms with Gasteiger partial charge < -0.3 is 25.2 Å². The van der Waals surface area contributed by atoms with Gasteiger partial charge in [-0.25, -0.2) is 15.0 Å². The third-order valence-corrected chi connectivity index (χ3v) is 5.89. The summed E-state index contributed by atoms with van der Waals surface area (Å²) in [6.07, 6.45) is 2.58. The molecule has 0 spiro atoms. The van der Waals surface area contributed by atoms with Gasteiger partial charge in [0.2, 0.25) is 0 Å². The summed E-state index contributed by atoms with van der Waals surface area (Å²) in [5.74, 6) is 2.17. The molecule has 0 radical (unpaired) electrons. The molecule has 1 saturated heterocycles. The minimum Gasteiger partial charge on any atom is -0.495 e. The lowest BCUT2D eigenvalue weighted by Gasteiger charge is -2.31. The summed E-state index contributed by atoms with van der Waals surface area (Å²) in [6, 6.07) is 3.36. The van der Waals surface area contributed by atoms with E-state index in [9.17, 15) is 5.11 Å². The van der Waals surface area contributed by atoms with Gasteiger partial charge in [-0.15, -0.1) is 0 Å². The number of hydrogen-bond acceptors (Lipinski definition) is 8. The van der Waals surface area contributed by atoms with Gasteiger partial charge in [-0.05, 0) is 18.9 Å². The van der Waals surface area contributed by atoms with Crippen LogP contribution in [0.1, 0.15) is 12.8 Å². The van der Waals surface area contributed by atoms with E-state index in [0.717, 1.165) is 5.39 Å². The van der Waals surface area contributed by atoms with Crippen LogP contribution in [0.2, 0.25) is 10.0 Å². The van der Waals surface area contributed by atoms with Crippen LogP contribution in [0, 0.1) is 0 Å². The summed E-state index contributed by atoms with van der Waals surface area (Å²) in [4.78, 5) is 15.7. The quantitative estimate of drug-likeness (QED) is 0.622. The van der Waals surface area contributed by atoms with Gasteiger partial charge in [0.25, 0.3) is 0 Å². The second-order valence-corrected chi connectivity index (χ2v) is 7.76. The maximum atomic E-state index is 9.90. The number of hydrogen-bond donors (Lipinski definition) is 2. The van der Waals surface area contributed by atoms with E-state index in [1.807, 2.05) is 0 Å². The number of benzene rings is 1. The summed E-state index contributed by atoms with van der Waals surface area (Å²) in [7, 11) is 3.02. The fraction of sp³-hybridized carbons (Fsp3) is 0.350. The summed E-state index contributed by atoms with van der Waals surface area (Å²) < 4.78 is 10.7. The first kappa shape index (κ1) is 20.7. The number of methoxy groups -OCH3 is 2. The van der Waals surface area contributed by atoms with Crippen LogP contribution in [0.5, 0.6) is 11.5 Å². The predicted molar refractivity (Wildman–Crippen MR) is 118 cm³/mol. The molecular weight excluding hydrogens is 429 g/mol. The highest BCUT2D eigenvalue weighted by molar-refractivity contribution is 6.41. The van der Waals surface area contributed by atoms with E-state index >= 15 is 0 Å². The molecule has 0 saturated carbocycles. The number of nitrogen functional groups attached to an aromatic ring is 1. The molecule has 3 heterocycles. The molecule has 1 aliphatic heterocycles. The van der Waals surface area contributed by atoms with Crippen LogP contribution in [-0.2, 0) is 0 Å². The zero-order chi connectivity index (χ0) is 21.4. The van der Waals surface area contributed by atoms with Crippen molar-refractivity contribution >= 4 is 45.7 Å². The van der Waals surface area contributed by atoms with Crippen molar-refractivity contribution in [3.8, 4) is 22.9 Å². The van der Waals surface area contributed by atoms with Crippen molar-refractivity contribution in [2.75, 3.05) is 37.9 Å². The SMILES string of the molecule is COc1cc(OC)c(Cl)c(-c2nc(N3CCC(O)CC3)c3cc(N)ncc3n2)c1Cl. The lowest BCUT2D eigenvalue weighted by molar-refractivity contribution is 0.145. The number of nitrogens with two attached hydrogens (primary N) is 1. The molecule has 1 aromatic carbocycles. The number of aliphatic hydroxyl groups is 1. The van der Waals surface area contributed by atoms with Gasteiger partial charge >= 0.3 is 0 Å². The lowest BCUT2D eigenvalue weighted by atomic mass is 10.1. The van der Waals surface area contributed by atoms with Gasteiger partial charge in [0.1, 0.15) is 23.1 Å². The molecule has 3 N–H and O–H groups in total. The van der Waals surface area contributed by atoms with Crippen molar-refractivity contribution in [2.24, 2.45) is 0 Å². The van der Waals surface area contributed by atoms with E-state index in [4.69, 9.17) is 43.4 Å². The highest BCUT2D eigenvalue weighted by atomic mass is 35.5. The topological polar surface area (TPSA) is 107 Å². The monoisotopic (exact) mass is 449 g/mol. The van der Waals surface area contributed by atoms with E-state index in [0.29, 0.717) is 66.0 Å². The number of rotatable bonds is 4. The van der Waals surface area contributed by atoms with Crippen LogP contribution in [-0.4, -0.2) is 53.5 Å². The number of nitrogens with zero attached hydrogens (tertiary/aromatic N) is 4. The first-order chi connectivity index (χ1) is 14.4. The van der Waals surface area contributed by atoms with E-state index in [1.54, 1.807) is 18.3 Å². The van der Waals surface area contributed by atoms with Crippen LogP contribution < -0.4 is 20.1 Å². The zero-order valence-electron chi connectivity index (χ0n) is 16.5. The fourth-order valence-corrected chi connectivity index (χ4v) is 4.21. The number of piperidine rings is 1. The van der Waals surface area contributed by atoms with Gasteiger partial charge in [-0.3, -0.25) is 0 Å². The molecule has 8 nitrogen and oxygen atoms in total. The van der Waals surface area contributed by atoms with Gasteiger partial charge in [0.05, 0.1) is 47.6 Å². The average molecular weight is 450 g/mol. The van der Waals surface area contributed by atoms with E-state index in [2.05, 4.69) is 14.9 Å². The second-order valence-electron chi connectivity index (χ2n) is 7.00. The number of pyridine rings is 1. The summed E-state index contributed by atoms with van der Waals surface area (Å²) in [5.41, 5.74) is 6.93. The minimum absolute atomic E-state index is 0.283. The van der Waals surface area contributed by atoms with Crippen molar-refractivity contribution in [3.63, 3.8) is 0 Å². The smallest absolute Gasteiger partial charge is 0.165 e. The van der Waals surface area contributed by atoms with Crippen molar-refractivity contribution in [1.29, 1.82) is 0 Å². The highest BCUT2D eigenvalue weighted by Crippen LogP contribution is 2.45. The summed E-state index contributed by atoms with van der Waals surface area (Å²) in [5, 5.41) is 11.2. The maximum Gasteiger partial charge on any atom is 0.165 e. The van der Waals surface area contributed by atoms with Crippen LogP contribution in [0.25, 0.3) is 22.3 Å². The lowest BCUT2D eigenvalue weighted by Crippen LogP contribution is -2.36. The van der Waals surface area contributed by atoms with Gasteiger partial charge in [0, 0.05) is 24.5 Å². The Hall–Kier alpha value is -2.55. The molecule has 2 aromatic heterocycles. The van der Waals surface area contributed by atoms with Gasteiger partial charge in [-0.1, -0.05) is 23.2 Å². The van der Waals surface area contributed by atoms with E-state index in [-0.39, 0.29) is 16.1 Å². The predicted octanol–water partition coefficient (Wildman–Crippen LogP) is 3.56. The molecule has 0 atom stereocenters. The normalized spacial score (nSPS) is 14.9. The maximum absolute atomic E-state index is 9.90. The van der Waals surface area contributed by atoms with Gasteiger partial charge in [0.15, 0.2) is 5.82 Å². The van der Waals surface area contributed by atoms with Crippen LogP contribution in [0.15, 0.2) is 18.3 Å². The van der Waals surface area contributed by atoms with Crippen molar-refractivity contribution in [2.45, 2.75) is 18.9 Å². The molecule has 1 aliphatic rings. The largest absolute Gasteiger partial charge is 0.495 e. The molecule has 0 aliphatic carbocycles. The molecular formula is C20H21Cl2N5O3. The minimum atomic E-state index is -0.313. The molecule has 0 amide bonds. The van der Waals surface area contributed by atoms with E-state index in [1.165, 1.54) is 14.2 Å². The van der Waals surface area contributed by atoms with Crippen LogP contribution in [0.3, 0.4) is 0 Å². The third-order valence-electron chi connectivity index (χ3n) is 5.14. The van der Waals surface area contributed by atoms with Crippen LogP contribution in [0.4, 0.5) is 11.6 Å². The van der Waals surface area contributed by atoms with Crippen LogP contribution >= 0.6 is 23.2 Å². The number of aromatic nitrogens is 3. The molecule has 3 aromatic rings. The number of ether oxygens (including phenoxy) is 2. The molecule has 0 unspecified atom stereocenters. The standard InChI is InChI=1S/C20H21Cl2N5O3/c1-29-13-8-14(30-2)18(22)16(17(13)21)19-25-12-9-24-15(23)7-11(12)20(26-19)27-5-3-10(28)4-6-27/h7-10,28H,3-6H2,1-2H3,(H2,23,24). The first-order valence-electron chi connectivity index (χ1n) is 9.39. The van der Waals surface area contributed by atoms with E-state index < -0.39 is 0 Å². The Morgan fingerprint density at radius 3 is 2.30 bits per heavy atom. The zero-order valence-corrected chi connectivity index (χ0v) is 18.0. The van der Waals surface area contributed by atoms with Crippen molar-refractivity contribution < 1.29 is 14.6 Å². The average Bonchev–Trinajstić information content (AvgIpc) is 2.74. The Bertz CT molecular complexity index is 1080. The Labute approximate surface area is 183 Å². The Morgan fingerprint density at radius 1 is 1.07 bits per heavy atom. The fourth-order valence-electron chi connectivity index (χ4n) is 3.54. The molecule has 158 valence electrons. The second kappa shape index (κ2) is 8.29. The first-order valence-corrected chi connectivity index (χ1v) is 10.1. The Morgan fingerprint density at radius 2 is 1.70 bits per heavy atom. The number of aliphatic hydroxyl groups excluding tert-OH is 1. The Balaban J connectivity index is 1.96. The summed E-state index contributed by atoms with van der Waals surface area (Å²) in [6.45, 7) is 1.30. The Kier molecular flexibility index (Phi) is 5.73. The molecule has 10 heteroatoms. The number of anilines is 2. The van der Waals surface area contributed by atoms with Gasteiger partial charge in [-0.2, -0.15) is 0 Å². The summed E-state index contributed by atoms with van der Waals surface area (Å²) >= 11 is 13.2. The number of halogens is 2. The third kappa shape index (κ3) is 3.66.